The minimum absolute atomic E-state index is 0.0129. The quantitative estimate of drug-likeness (QED) is 0.805. The zero-order chi connectivity index (χ0) is 20.1. The highest BCUT2D eigenvalue weighted by Gasteiger charge is 2.45. The molecule has 2 unspecified atom stereocenters. The molecule has 4 rings (SSSR count). The molecular weight excluding hydrogens is 370 g/mol. The maximum absolute atomic E-state index is 12.1. The van der Waals surface area contributed by atoms with E-state index < -0.39 is 0 Å². The van der Waals surface area contributed by atoms with E-state index >= 15 is 0 Å². The third kappa shape index (κ3) is 4.69. The topological polar surface area (TPSA) is 76.8 Å². The van der Waals surface area contributed by atoms with Crippen LogP contribution in [0.15, 0.2) is 40.9 Å². The van der Waals surface area contributed by atoms with Gasteiger partial charge in [-0.2, -0.15) is 0 Å². The lowest BCUT2D eigenvalue weighted by molar-refractivity contribution is -0.153. The van der Waals surface area contributed by atoms with Gasteiger partial charge in [-0.3, -0.25) is 9.69 Å². The molecule has 2 fully saturated rings. The Hall–Kier alpha value is -2.22. The summed E-state index contributed by atoms with van der Waals surface area (Å²) in [6.45, 7) is 3.06. The van der Waals surface area contributed by atoms with Gasteiger partial charge in [-0.15, -0.1) is 0 Å². The second kappa shape index (κ2) is 9.07. The summed E-state index contributed by atoms with van der Waals surface area (Å²) in [5, 5.41) is 7.41. The summed E-state index contributed by atoms with van der Waals surface area (Å²) in [5.41, 5.74) is 1.60. The molecule has 1 aromatic carbocycles. The van der Waals surface area contributed by atoms with E-state index in [-0.39, 0.29) is 24.2 Å². The van der Waals surface area contributed by atoms with Crippen molar-refractivity contribution in [1.29, 1.82) is 0 Å². The van der Waals surface area contributed by atoms with Gasteiger partial charge in [-0.25, -0.2) is 0 Å². The maximum Gasteiger partial charge on any atom is 0.246 e. The summed E-state index contributed by atoms with van der Waals surface area (Å²) in [7, 11) is 1.54. The molecule has 7 heteroatoms. The molecule has 1 N–H and O–H groups in total. The molecule has 7 nitrogen and oxygen atoms in total. The molecule has 1 saturated heterocycles. The first kappa shape index (κ1) is 20.1. The maximum atomic E-state index is 12.1. The molecule has 156 valence electrons. The van der Waals surface area contributed by atoms with Gasteiger partial charge in [-0.05, 0) is 12.8 Å². The first-order chi connectivity index (χ1) is 14.2. The van der Waals surface area contributed by atoms with Gasteiger partial charge in [0.05, 0.1) is 18.3 Å². The zero-order valence-electron chi connectivity index (χ0n) is 16.9. The lowest BCUT2D eigenvalue weighted by Gasteiger charge is -2.49. The Morgan fingerprint density at radius 2 is 2.21 bits per heavy atom. The van der Waals surface area contributed by atoms with Gasteiger partial charge in [0.25, 0.3) is 0 Å². The van der Waals surface area contributed by atoms with Crippen LogP contribution in [0.4, 0.5) is 0 Å². The first-order valence-corrected chi connectivity index (χ1v) is 10.3. The van der Waals surface area contributed by atoms with Gasteiger partial charge < -0.3 is 19.3 Å². The second-order valence-corrected chi connectivity index (χ2v) is 7.97. The van der Waals surface area contributed by atoms with E-state index in [9.17, 15) is 4.79 Å². The van der Waals surface area contributed by atoms with Crippen LogP contribution in [0.5, 0.6) is 0 Å². The molecule has 1 aliphatic carbocycles. The van der Waals surface area contributed by atoms with Crippen LogP contribution in [0.2, 0.25) is 0 Å². The Morgan fingerprint density at radius 1 is 1.34 bits per heavy atom. The lowest BCUT2D eigenvalue weighted by Crippen LogP contribution is -2.64. The highest BCUT2D eigenvalue weighted by molar-refractivity contribution is 5.77. The van der Waals surface area contributed by atoms with Crippen molar-refractivity contribution in [3.63, 3.8) is 0 Å². The van der Waals surface area contributed by atoms with Gasteiger partial charge in [0.15, 0.2) is 5.76 Å². The summed E-state index contributed by atoms with van der Waals surface area (Å²) in [6, 6.07) is 12.0. The number of ether oxygens (including phenoxy) is 2. The molecule has 1 aromatic heterocycles. The Morgan fingerprint density at radius 3 is 3.03 bits per heavy atom. The molecule has 0 bridgehead atoms. The number of rotatable bonds is 6. The molecule has 2 atom stereocenters. The predicted octanol–water partition coefficient (Wildman–Crippen LogP) is 2.62. The Bertz CT molecular complexity index is 805. The van der Waals surface area contributed by atoms with Crippen LogP contribution >= 0.6 is 0 Å². The number of hydrogen-bond donors (Lipinski definition) is 1. The summed E-state index contributed by atoms with van der Waals surface area (Å²) < 4.78 is 16.8. The Balaban J connectivity index is 1.43. The fourth-order valence-electron chi connectivity index (χ4n) is 4.51. The van der Waals surface area contributed by atoms with Crippen LogP contribution < -0.4 is 5.32 Å². The van der Waals surface area contributed by atoms with Crippen LogP contribution in [-0.4, -0.2) is 61.0 Å². The van der Waals surface area contributed by atoms with Gasteiger partial charge >= 0.3 is 0 Å². The smallest absolute Gasteiger partial charge is 0.246 e. The molecule has 1 saturated carbocycles. The summed E-state index contributed by atoms with van der Waals surface area (Å²) in [6.07, 6.45) is 4.11. The SMILES string of the molecule is COCC(=O)NC1CCCCC12CN(Cc1cc(-c3ccccc3)on1)CCO2. The number of carbonyl (C=O) groups is 1. The van der Waals surface area contributed by atoms with Crippen molar-refractivity contribution in [3.05, 3.63) is 42.1 Å². The minimum atomic E-state index is -0.341. The van der Waals surface area contributed by atoms with Gasteiger partial charge in [0, 0.05) is 38.4 Å². The van der Waals surface area contributed by atoms with Crippen molar-refractivity contribution in [2.45, 2.75) is 43.9 Å². The molecule has 2 aliphatic rings. The molecule has 2 aromatic rings. The first-order valence-electron chi connectivity index (χ1n) is 10.3. The van der Waals surface area contributed by atoms with E-state index in [1.165, 1.54) is 7.11 Å². The monoisotopic (exact) mass is 399 g/mol. The number of nitrogens with zero attached hydrogens (tertiary/aromatic N) is 2. The lowest BCUT2D eigenvalue weighted by atomic mass is 9.78. The summed E-state index contributed by atoms with van der Waals surface area (Å²) >= 11 is 0. The number of methoxy groups -OCH3 is 1. The molecule has 2 heterocycles. The zero-order valence-corrected chi connectivity index (χ0v) is 16.9. The number of benzene rings is 1. The number of aromatic nitrogens is 1. The Labute approximate surface area is 171 Å². The van der Waals surface area contributed by atoms with Crippen molar-refractivity contribution in [2.24, 2.45) is 0 Å². The largest absolute Gasteiger partial charge is 0.375 e. The van der Waals surface area contributed by atoms with Gasteiger partial charge in [-0.1, -0.05) is 48.3 Å². The van der Waals surface area contributed by atoms with Crippen LogP contribution in [0.3, 0.4) is 0 Å². The minimum Gasteiger partial charge on any atom is -0.375 e. The summed E-state index contributed by atoms with van der Waals surface area (Å²) in [5.74, 6) is 0.703. The van der Waals surface area contributed by atoms with Crippen molar-refractivity contribution < 1.29 is 18.8 Å². The van der Waals surface area contributed by atoms with E-state index in [1.807, 2.05) is 36.4 Å². The van der Waals surface area contributed by atoms with Crippen LogP contribution in [0, 0.1) is 0 Å². The molecular formula is C22H29N3O4. The van der Waals surface area contributed by atoms with Gasteiger partial charge in [0.1, 0.15) is 12.2 Å². The van der Waals surface area contributed by atoms with E-state index in [0.29, 0.717) is 13.2 Å². The van der Waals surface area contributed by atoms with Crippen molar-refractivity contribution >= 4 is 5.91 Å². The fourth-order valence-corrected chi connectivity index (χ4v) is 4.51. The second-order valence-electron chi connectivity index (χ2n) is 7.97. The van der Waals surface area contributed by atoms with E-state index in [4.69, 9.17) is 14.0 Å². The number of nitrogens with one attached hydrogen (secondary N) is 1. The van der Waals surface area contributed by atoms with Gasteiger partial charge in [0.2, 0.25) is 5.91 Å². The fraction of sp³-hybridized carbons (Fsp3) is 0.545. The van der Waals surface area contributed by atoms with E-state index in [1.54, 1.807) is 0 Å². The standard InChI is InChI=1S/C22H29N3O4/c1-27-15-21(26)23-20-9-5-6-10-22(20)16-25(11-12-28-22)14-18-13-19(29-24-18)17-7-3-2-4-8-17/h2-4,7-8,13,20H,5-6,9-12,14-16H2,1H3,(H,23,26). The molecule has 0 radical (unpaired) electrons. The average molecular weight is 399 g/mol. The van der Waals surface area contributed by atoms with Crippen molar-refractivity contribution in [2.75, 3.05) is 33.4 Å². The van der Waals surface area contributed by atoms with E-state index in [0.717, 1.165) is 55.8 Å². The highest BCUT2D eigenvalue weighted by Crippen LogP contribution is 2.35. The van der Waals surface area contributed by atoms with E-state index in [2.05, 4.69) is 15.4 Å². The van der Waals surface area contributed by atoms with Crippen molar-refractivity contribution in [3.8, 4) is 11.3 Å². The highest BCUT2D eigenvalue weighted by atomic mass is 16.5. The number of hydrogen-bond acceptors (Lipinski definition) is 6. The number of morpholine rings is 1. The molecule has 1 aliphatic heterocycles. The third-order valence-corrected chi connectivity index (χ3v) is 5.88. The normalized spacial score (nSPS) is 25.2. The van der Waals surface area contributed by atoms with Crippen LogP contribution in [0.25, 0.3) is 11.3 Å². The van der Waals surface area contributed by atoms with Crippen molar-refractivity contribution in [1.82, 2.24) is 15.4 Å². The molecule has 1 amide bonds. The number of carbonyl (C=O) groups excluding carboxylic acids is 1. The number of amides is 1. The predicted molar refractivity (Wildman–Crippen MR) is 108 cm³/mol. The Kier molecular flexibility index (Phi) is 6.28. The van der Waals surface area contributed by atoms with Crippen LogP contribution in [0.1, 0.15) is 31.4 Å². The summed E-state index contributed by atoms with van der Waals surface area (Å²) in [4.78, 5) is 14.5. The van der Waals surface area contributed by atoms with Crippen LogP contribution in [-0.2, 0) is 20.8 Å². The average Bonchev–Trinajstić information content (AvgIpc) is 3.19. The third-order valence-electron chi connectivity index (χ3n) is 5.88. The molecule has 1 spiro atoms. The molecule has 29 heavy (non-hydrogen) atoms.